The summed E-state index contributed by atoms with van der Waals surface area (Å²) in [6.07, 6.45) is 5.81. The van der Waals surface area contributed by atoms with Gasteiger partial charge in [0.1, 0.15) is 11.5 Å². The fourth-order valence-corrected chi connectivity index (χ4v) is 4.29. The molecule has 1 aromatic rings. The Hall–Kier alpha value is -2.85. The number of hydrogen-bond acceptors (Lipinski definition) is 7. The highest BCUT2D eigenvalue weighted by atomic mass is 16.6. The number of aliphatic imine (C=N–C) groups is 1. The molecule has 0 radical (unpaired) electrons. The van der Waals surface area contributed by atoms with Crippen LogP contribution in [0, 0.1) is 22.0 Å². The van der Waals surface area contributed by atoms with Gasteiger partial charge in [-0.15, -0.1) is 0 Å². The summed E-state index contributed by atoms with van der Waals surface area (Å²) in [7, 11) is 3.17. The molecule has 6 N–H and O–H groups in total. The minimum Gasteiger partial charge on any atom is -0.497 e. The highest BCUT2D eigenvalue weighted by Crippen LogP contribution is 2.34. The maximum Gasteiger partial charge on any atom is 0.301 e. The number of nitrogens with zero attached hydrogens (tertiary/aromatic N) is 2. The Morgan fingerprint density at radius 1 is 1.16 bits per heavy atom. The number of nitro groups is 1. The van der Waals surface area contributed by atoms with Gasteiger partial charge in [-0.25, -0.2) is 4.99 Å². The van der Waals surface area contributed by atoms with Crippen molar-refractivity contribution in [3.05, 3.63) is 45.8 Å². The van der Waals surface area contributed by atoms with Gasteiger partial charge < -0.3 is 25.8 Å². The van der Waals surface area contributed by atoms with Crippen molar-refractivity contribution >= 4 is 5.96 Å². The van der Waals surface area contributed by atoms with Gasteiger partial charge in [0.25, 0.3) is 0 Å². The number of rotatable bonds is 8. The standard InChI is InChI=1S/C21H32N6O4/c1-30-17-7-16(8-18(9-17)31-2)12-24-20-25-13-19(27(28)29)21(23,26-20)10-14-3-5-15(11-22)6-4-14/h7-9,13-15H,3-6,10-12,22-23H2,1-2H3,(H2,24,25,26). The second-order valence-electron chi connectivity index (χ2n) is 8.24. The molecular formula is C21H32N6O4. The van der Waals surface area contributed by atoms with Crippen LogP contribution in [0.5, 0.6) is 11.5 Å². The summed E-state index contributed by atoms with van der Waals surface area (Å²) < 4.78 is 10.6. The number of guanidine groups is 1. The molecule has 0 saturated heterocycles. The van der Waals surface area contributed by atoms with E-state index in [1.165, 1.54) is 6.20 Å². The SMILES string of the molecule is COc1cc(CN=C2NC=C([N+](=O)[O-])C(N)(CC3CCC(CN)CC3)N2)cc(OC)c1. The normalized spacial score (nSPS) is 27.1. The third-order valence-electron chi connectivity index (χ3n) is 6.08. The lowest BCUT2D eigenvalue weighted by molar-refractivity contribution is -0.437. The van der Waals surface area contributed by atoms with Gasteiger partial charge in [0.05, 0.1) is 31.9 Å². The van der Waals surface area contributed by atoms with Crippen molar-refractivity contribution in [1.82, 2.24) is 10.6 Å². The van der Waals surface area contributed by atoms with Gasteiger partial charge in [-0.3, -0.25) is 15.8 Å². The van der Waals surface area contributed by atoms with E-state index < -0.39 is 10.6 Å². The van der Waals surface area contributed by atoms with Crippen LogP contribution >= 0.6 is 0 Å². The van der Waals surface area contributed by atoms with Crippen LogP contribution in [0.3, 0.4) is 0 Å². The molecule has 1 fully saturated rings. The average Bonchev–Trinajstić information content (AvgIpc) is 2.77. The second kappa shape index (κ2) is 9.97. The van der Waals surface area contributed by atoms with Gasteiger partial charge >= 0.3 is 5.70 Å². The quantitative estimate of drug-likeness (QED) is 0.358. The zero-order valence-corrected chi connectivity index (χ0v) is 18.1. The van der Waals surface area contributed by atoms with Crippen molar-refractivity contribution in [2.24, 2.45) is 28.3 Å². The summed E-state index contributed by atoms with van der Waals surface area (Å²) in [6.45, 7) is 1.01. The highest BCUT2D eigenvalue weighted by Gasteiger charge is 2.44. The van der Waals surface area contributed by atoms with Gasteiger partial charge in [-0.05, 0) is 68.2 Å². The summed E-state index contributed by atoms with van der Waals surface area (Å²) in [6, 6.07) is 5.50. The number of benzene rings is 1. The predicted molar refractivity (Wildman–Crippen MR) is 118 cm³/mol. The molecule has 10 heteroatoms. The number of nitrogens with two attached hydrogens (primary N) is 2. The van der Waals surface area contributed by atoms with Gasteiger partial charge in [0.15, 0.2) is 11.6 Å². The molecule has 0 bridgehead atoms. The molecule has 1 atom stereocenters. The molecule has 1 aliphatic carbocycles. The van der Waals surface area contributed by atoms with E-state index in [1.54, 1.807) is 20.3 Å². The second-order valence-corrected chi connectivity index (χ2v) is 8.24. The van der Waals surface area contributed by atoms with E-state index in [0.717, 1.165) is 31.2 Å². The van der Waals surface area contributed by atoms with Crippen LogP contribution in [0.25, 0.3) is 0 Å². The summed E-state index contributed by atoms with van der Waals surface area (Å²) in [5, 5.41) is 17.6. The molecular weight excluding hydrogens is 400 g/mol. The van der Waals surface area contributed by atoms with Gasteiger partial charge in [-0.1, -0.05) is 0 Å². The van der Waals surface area contributed by atoms with Crippen molar-refractivity contribution in [3.63, 3.8) is 0 Å². The largest absolute Gasteiger partial charge is 0.497 e. The summed E-state index contributed by atoms with van der Waals surface area (Å²) in [5.74, 6) is 2.55. The van der Waals surface area contributed by atoms with Crippen molar-refractivity contribution in [3.8, 4) is 11.5 Å². The molecule has 1 aliphatic heterocycles. The smallest absolute Gasteiger partial charge is 0.301 e. The van der Waals surface area contributed by atoms with Crippen molar-refractivity contribution in [2.75, 3.05) is 20.8 Å². The van der Waals surface area contributed by atoms with Crippen LogP contribution in [0.15, 0.2) is 35.1 Å². The van der Waals surface area contributed by atoms with Gasteiger partial charge in [0, 0.05) is 6.07 Å². The first kappa shape index (κ1) is 22.8. The Labute approximate surface area is 182 Å². The van der Waals surface area contributed by atoms with Gasteiger partial charge in [-0.2, -0.15) is 0 Å². The molecule has 10 nitrogen and oxygen atoms in total. The van der Waals surface area contributed by atoms with E-state index in [0.29, 0.717) is 48.8 Å². The predicted octanol–water partition coefficient (Wildman–Crippen LogP) is 1.68. The molecule has 0 aromatic heterocycles. The van der Waals surface area contributed by atoms with Crippen LogP contribution in [-0.2, 0) is 6.54 Å². The van der Waals surface area contributed by atoms with E-state index in [2.05, 4.69) is 15.6 Å². The molecule has 31 heavy (non-hydrogen) atoms. The van der Waals surface area contributed by atoms with E-state index >= 15 is 0 Å². The lowest BCUT2D eigenvalue weighted by Gasteiger charge is -2.37. The first-order valence-electron chi connectivity index (χ1n) is 10.5. The van der Waals surface area contributed by atoms with Crippen LogP contribution in [-0.4, -0.2) is 37.3 Å². The maximum atomic E-state index is 11.6. The molecule has 1 heterocycles. The molecule has 1 aromatic carbocycles. The minimum absolute atomic E-state index is 0.0875. The Bertz CT molecular complexity index is 828. The Morgan fingerprint density at radius 3 is 2.32 bits per heavy atom. The number of nitrogens with one attached hydrogen (secondary N) is 2. The third kappa shape index (κ3) is 5.65. The summed E-state index contributed by atoms with van der Waals surface area (Å²) in [5.41, 5.74) is 11.8. The van der Waals surface area contributed by atoms with E-state index in [9.17, 15) is 10.1 Å². The van der Waals surface area contributed by atoms with E-state index in [-0.39, 0.29) is 5.70 Å². The first-order chi connectivity index (χ1) is 14.9. The molecule has 0 amide bonds. The van der Waals surface area contributed by atoms with Crippen molar-refractivity contribution < 1.29 is 14.4 Å². The molecule has 1 unspecified atom stereocenters. The Kier molecular flexibility index (Phi) is 7.34. The lowest BCUT2D eigenvalue weighted by Crippen LogP contribution is -2.64. The lowest BCUT2D eigenvalue weighted by atomic mass is 9.77. The fourth-order valence-electron chi connectivity index (χ4n) is 4.29. The maximum absolute atomic E-state index is 11.6. The zero-order chi connectivity index (χ0) is 22.4. The highest BCUT2D eigenvalue weighted by molar-refractivity contribution is 5.83. The monoisotopic (exact) mass is 432 g/mol. The molecule has 3 rings (SSSR count). The fraction of sp³-hybridized carbons (Fsp3) is 0.571. The van der Waals surface area contributed by atoms with Crippen molar-refractivity contribution in [1.29, 1.82) is 0 Å². The molecule has 170 valence electrons. The first-order valence-corrected chi connectivity index (χ1v) is 10.5. The van der Waals surface area contributed by atoms with E-state index in [4.69, 9.17) is 20.9 Å². The number of methoxy groups -OCH3 is 2. The van der Waals surface area contributed by atoms with Crippen LogP contribution in [0.1, 0.15) is 37.7 Å². The molecule has 2 aliphatic rings. The van der Waals surface area contributed by atoms with E-state index in [1.807, 2.05) is 12.1 Å². The van der Waals surface area contributed by atoms with Gasteiger partial charge in [0.2, 0.25) is 0 Å². The van der Waals surface area contributed by atoms with Crippen molar-refractivity contribution in [2.45, 2.75) is 44.3 Å². The minimum atomic E-state index is -1.29. The number of hydrogen-bond donors (Lipinski definition) is 4. The number of ether oxygens (including phenoxy) is 2. The van der Waals surface area contributed by atoms with Crippen LogP contribution in [0.4, 0.5) is 0 Å². The molecule has 0 spiro atoms. The Morgan fingerprint density at radius 2 is 1.77 bits per heavy atom. The average molecular weight is 433 g/mol. The Balaban J connectivity index is 1.74. The van der Waals surface area contributed by atoms with Crippen LogP contribution < -0.4 is 31.6 Å². The summed E-state index contributed by atoms with van der Waals surface area (Å²) in [4.78, 5) is 15.7. The summed E-state index contributed by atoms with van der Waals surface area (Å²) >= 11 is 0. The van der Waals surface area contributed by atoms with Crippen LogP contribution in [0.2, 0.25) is 0 Å². The third-order valence-corrected chi connectivity index (χ3v) is 6.08. The molecule has 1 saturated carbocycles. The topological polar surface area (TPSA) is 150 Å². The zero-order valence-electron chi connectivity index (χ0n) is 18.1.